The second kappa shape index (κ2) is 6.20. The molecule has 0 heterocycles. The Kier molecular flexibility index (Phi) is 5.20. The lowest BCUT2D eigenvalue weighted by Gasteiger charge is -2.22. The molecule has 0 aromatic heterocycles. The van der Waals surface area contributed by atoms with Gasteiger partial charge in [-0.3, -0.25) is 0 Å². The third-order valence-corrected chi connectivity index (χ3v) is 3.63. The molecule has 1 atom stereocenters. The van der Waals surface area contributed by atoms with Gasteiger partial charge in [0.25, 0.3) is 0 Å². The van der Waals surface area contributed by atoms with Crippen molar-refractivity contribution in [2.75, 3.05) is 0 Å². The quantitative estimate of drug-likeness (QED) is 0.806. The zero-order valence-corrected chi connectivity index (χ0v) is 12.2. The summed E-state index contributed by atoms with van der Waals surface area (Å²) in [5.41, 5.74) is 5.65. The number of nitrogens with one attached hydrogen (secondary N) is 1. The number of benzene rings is 1. The van der Waals surface area contributed by atoms with Gasteiger partial charge in [-0.2, -0.15) is 0 Å². The number of hydrogen-bond acceptors (Lipinski definition) is 1. The molecule has 0 saturated carbocycles. The summed E-state index contributed by atoms with van der Waals surface area (Å²) in [5.74, 6) is 0.700. The maximum absolute atomic E-state index is 3.69. The van der Waals surface area contributed by atoms with Crippen molar-refractivity contribution in [3.63, 3.8) is 0 Å². The lowest BCUT2D eigenvalue weighted by atomic mass is 9.97. The highest BCUT2D eigenvalue weighted by atomic mass is 14.9. The van der Waals surface area contributed by atoms with E-state index in [1.54, 1.807) is 0 Å². The third-order valence-electron chi connectivity index (χ3n) is 3.63. The molecular formula is C16H27N. The van der Waals surface area contributed by atoms with Gasteiger partial charge in [0.05, 0.1) is 0 Å². The van der Waals surface area contributed by atoms with Crippen molar-refractivity contribution in [2.45, 2.75) is 60.5 Å². The Morgan fingerprint density at radius 3 is 2.00 bits per heavy atom. The van der Waals surface area contributed by atoms with E-state index in [4.69, 9.17) is 0 Å². The van der Waals surface area contributed by atoms with Crippen LogP contribution in [0.25, 0.3) is 0 Å². The van der Waals surface area contributed by atoms with Crippen LogP contribution in [0.1, 0.15) is 49.4 Å². The minimum atomic E-state index is 0.620. The van der Waals surface area contributed by atoms with E-state index in [9.17, 15) is 0 Å². The summed E-state index contributed by atoms with van der Waals surface area (Å²) >= 11 is 0. The predicted molar refractivity (Wildman–Crippen MR) is 76.4 cm³/mol. The molecule has 1 aromatic carbocycles. The first kappa shape index (κ1) is 14.2. The van der Waals surface area contributed by atoms with Crippen LogP contribution in [-0.2, 0) is 6.54 Å². The van der Waals surface area contributed by atoms with Crippen molar-refractivity contribution in [1.82, 2.24) is 5.32 Å². The minimum absolute atomic E-state index is 0.620. The highest BCUT2D eigenvalue weighted by Crippen LogP contribution is 2.17. The first-order valence-corrected chi connectivity index (χ1v) is 6.75. The molecule has 0 aliphatic rings. The second-order valence-corrected chi connectivity index (χ2v) is 5.52. The third kappa shape index (κ3) is 3.85. The van der Waals surface area contributed by atoms with Crippen LogP contribution in [0.3, 0.4) is 0 Å². The van der Waals surface area contributed by atoms with Crippen LogP contribution in [0.5, 0.6) is 0 Å². The minimum Gasteiger partial charge on any atom is -0.310 e. The molecule has 0 spiro atoms. The summed E-state index contributed by atoms with van der Waals surface area (Å²) < 4.78 is 0. The number of aryl methyl sites for hydroxylation is 3. The van der Waals surface area contributed by atoms with Crippen LogP contribution in [0, 0.1) is 26.7 Å². The smallest absolute Gasteiger partial charge is 0.0213 e. The Morgan fingerprint density at radius 1 is 1.06 bits per heavy atom. The lowest BCUT2D eigenvalue weighted by molar-refractivity contribution is 0.387. The summed E-state index contributed by atoms with van der Waals surface area (Å²) in [7, 11) is 0. The van der Waals surface area contributed by atoms with Gasteiger partial charge in [0, 0.05) is 12.6 Å². The van der Waals surface area contributed by atoms with Gasteiger partial charge in [-0.15, -0.1) is 0 Å². The molecule has 0 fully saturated rings. The monoisotopic (exact) mass is 233 g/mol. The molecule has 17 heavy (non-hydrogen) atoms. The summed E-state index contributed by atoms with van der Waals surface area (Å²) in [5, 5.41) is 3.69. The average Bonchev–Trinajstić information content (AvgIpc) is 2.21. The maximum Gasteiger partial charge on any atom is 0.0213 e. The van der Waals surface area contributed by atoms with Crippen molar-refractivity contribution in [3.8, 4) is 0 Å². The summed E-state index contributed by atoms with van der Waals surface area (Å²) in [6, 6.07) is 5.18. The first-order valence-electron chi connectivity index (χ1n) is 6.75. The molecule has 1 aromatic rings. The molecule has 0 bridgehead atoms. The van der Waals surface area contributed by atoms with E-state index in [1.807, 2.05) is 0 Å². The van der Waals surface area contributed by atoms with Crippen LogP contribution in [0.4, 0.5) is 0 Å². The van der Waals surface area contributed by atoms with Crippen molar-refractivity contribution >= 4 is 0 Å². The summed E-state index contributed by atoms with van der Waals surface area (Å²) in [4.78, 5) is 0. The predicted octanol–water partition coefficient (Wildman–Crippen LogP) is 4.14. The fourth-order valence-electron chi connectivity index (χ4n) is 2.57. The summed E-state index contributed by atoms with van der Waals surface area (Å²) in [6.45, 7) is 14.4. The van der Waals surface area contributed by atoms with Gasteiger partial charge in [0.1, 0.15) is 0 Å². The van der Waals surface area contributed by atoms with Crippen molar-refractivity contribution in [2.24, 2.45) is 5.92 Å². The summed E-state index contributed by atoms with van der Waals surface area (Å²) in [6.07, 6.45) is 1.20. The van der Waals surface area contributed by atoms with Crippen LogP contribution in [0.2, 0.25) is 0 Å². The SMILES string of the molecule is CCC(NCc1c(C)cc(C)cc1C)C(C)C. The van der Waals surface area contributed by atoms with E-state index >= 15 is 0 Å². The topological polar surface area (TPSA) is 12.0 Å². The molecular weight excluding hydrogens is 206 g/mol. The molecule has 0 radical (unpaired) electrons. The maximum atomic E-state index is 3.69. The van der Waals surface area contributed by atoms with E-state index < -0.39 is 0 Å². The van der Waals surface area contributed by atoms with Gasteiger partial charge in [-0.1, -0.05) is 38.5 Å². The van der Waals surface area contributed by atoms with Gasteiger partial charge in [-0.25, -0.2) is 0 Å². The van der Waals surface area contributed by atoms with Crippen molar-refractivity contribution in [1.29, 1.82) is 0 Å². The highest BCUT2D eigenvalue weighted by molar-refractivity contribution is 5.37. The van der Waals surface area contributed by atoms with E-state index in [-0.39, 0.29) is 0 Å². The first-order chi connectivity index (χ1) is 7.95. The fourth-order valence-corrected chi connectivity index (χ4v) is 2.57. The van der Waals surface area contributed by atoms with Gasteiger partial charge in [-0.05, 0) is 49.8 Å². The second-order valence-electron chi connectivity index (χ2n) is 5.52. The van der Waals surface area contributed by atoms with E-state index in [0.29, 0.717) is 12.0 Å². The van der Waals surface area contributed by atoms with E-state index in [2.05, 4.69) is 59.0 Å². The molecule has 1 N–H and O–H groups in total. The molecule has 1 nitrogen and oxygen atoms in total. The Balaban J connectivity index is 2.75. The van der Waals surface area contributed by atoms with Crippen LogP contribution in [-0.4, -0.2) is 6.04 Å². The van der Waals surface area contributed by atoms with Gasteiger partial charge in [0.15, 0.2) is 0 Å². The average molecular weight is 233 g/mol. The molecule has 1 heteroatoms. The van der Waals surface area contributed by atoms with Crippen LogP contribution < -0.4 is 5.32 Å². The molecule has 0 aliphatic carbocycles. The lowest BCUT2D eigenvalue weighted by Crippen LogP contribution is -2.33. The number of hydrogen-bond donors (Lipinski definition) is 1. The van der Waals surface area contributed by atoms with Crippen LogP contribution in [0.15, 0.2) is 12.1 Å². The van der Waals surface area contributed by atoms with E-state index in [1.165, 1.54) is 28.7 Å². The zero-order valence-electron chi connectivity index (χ0n) is 12.2. The molecule has 0 saturated heterocycles. The van der Waals surface area contributed by atoms with Gasteiger partial charge in [0.2, 0.25) is 0 Å². The Hall–Kier alpha value is -0.820. The standard InChI is InChI=1S/C16H27N/c1-7-16(11(2)3)17-10-15-13(5)8-12(4)9-14(15)6/h8-9,11,16-17H,7,10H2,1-6H3. The Labute approximate surface area is 107 Å². The van der Waals surface area contributed by atoms with Gasteiger partial charge < -0.3 is 5.32 Å². The zero-order chi connectivity index (χ0) is 13.0. The van der Waals surface area contributed by atoms with Gasteiger partial charge >= 0.3 is 0 Å². The normalized spacial score (nSPS) is 13.1. The molecule has 0 amide bonds. The molecule has 0 aliphatic heterocycles. The number of rotatable bonds is 5. The Morgan fingerprint density at radius 2 is 1.59 bits per heavy atom. The van der Waals surface area contributed by atoms with Crippen molar-refractivity contribution < 1.29 is 0 Å². The van der Waals surface area contributed by atoms with E-state index in [0.717, 1.165) is 6.54 Å². The molecule has 1 unspecified atom stereocenters. The largest absolute Gasteiger partial charge is 0.310 e. The fraction of sp³-hybridized carbons (Fsp3) is 0.625. The Bertz CT molecular complexity index is 343. The molecule has 96 valence electrons. The van der Waals surface area contributed by atoms with Crippen LogP contribution >= 0.6 is 0 Å². The van der Waals surface area contributed by atoms with Crippen molar-refractivity contribution in [3.05, 3.63) is 34.4 Å². The molecule has 1 rings (SSSR count). The highest BCUT2D eigenvalue weighted by Gasteiger charge is 2.11.